The van der Waals surface area contributed by atoms with E-state index in [4.69, 9.17) is 9.94 Å². The van der Waals surface area contributed by atoms with Crippen LogP contribution in [0.3, 0.4) is 0 Å². The van der Waals surface area contributed by atoms with Gasteiger partial charge in [0.15, 0.2) is 0 Å². The first-order chi connectivity index (χ1) is 13.3. The van der Waals surface area contributed by atoms with Crippen LogP contribution >= 0.6 is 0 Å². The van der Waals surface area contributed by atoms with E-state index in [0.29, 0.717) is 19.6 Å². The molecule has 1 saturated heterocycles. The van der Waals surface area contributed by atoms with E-state index in [1.165, 1.54) is 10.5 Å². The summed E-state index contributed by atoms with van der Waals surface area (Å²) in [7, 11) is 0. The van der Waals surface area contributed by atoms with Gasteiger partial charge < -0.3 is 9.64 Å². The molecule has 1 aliphatic heterocycles. The number of rotatable bonds is 6. The summed E-state index contributed by atoms with van der Waals surface area (Å²) in [5.41, 5.74) is 4.11. The van der Waals surface area contributed by atoms with Gasteiger partial charge in [0.25, 0.3) is 5.91 Å². The molecule has 1 aliphatic rings. The van der Waals surface area contributed by atoms with Gasteiger partial charge in [0, 0.05) is 6.54 Å². The first-order valence-corrected chi connectivity index (χ1v) is 9.39. The number of benzene rings is 2. The van der Waals surface area contributed by atoms with E-state index in [1.807, 2.05) is 56.3 Å². The Balaban J connectivity index is 1.69. The van der Waals surface area contributed by atoms with Crippen molar-refractivity contribution in [1.82, 2.24) is 10.4 Å². The second-order valence-corrected chi connectivity index (χ2v) is 7.53. The Morgan fingerprint density at radius 1 is 1.29 bits per heavy atom. The number of hydrogen-bond acceptors (Lipinski definition) is 4. The molecule has 0 aromatic heterocycles. The number of amides is 2. The van der Waals surface area contributed by atoms with E-state index >= 15 is 0 Å². The lowest BCUT2D eigenvalue weighted by Gasteiger charge is -2.27. The average molecular weight is 382 g/mol. The Hall–Kier alpha value is -2.86. The fraction of sp³-hybridized carbons (Fsp3) is 0.364. The van der Waals surface area contributed by atoms with Crippen molar-refractivity contribution in [3.05, 3.63) is 65.2 Å². The number of aryl methyl sites for hydroxylation is 1. The van der Waals surface area contributed by atoms with Crippen molar-refractivity contribution in [2.75, 3.05) is 6.54 Å². The summed E-state index contributed by atoms with van der Waals surface area (Å²) in [5.74, 6) is 0.0405. The Bertz CT molecular complexity index is 865. The second-order valence-electron chi connectivity index (χ2n) is 7.53. The van der Waals surface area contributed by atoms with Crippen molar-refractivity contribution in [3.8, 4) is 5.75 Å². The van der Waals surface area contributed by atoms with Crippen LogP contribution in [-0.4, -0.2) is 34.5 Å². The molecule has 6 nitrogen and oxygen atoms in total. The topological polar surface area (TPSA) is 78.9 Å². The number of nitrogens with one attached hydrogen (secondary N) is 1. The Kier molecular flexibility index (Phi) is 5.70. The summed E-state index contributed by atoms with van der Waals surface area (Å²) in [6.45, 7) is 6.50. The third-order valence-corrected chi connectivity index (χ3v) is 5.52. The highest BCUT2D eigenvalue weighted by Gasteiger charge is 2.46. The summed E-state index contributed by atoms with van der Waals surface area (Å²) < 4.78 is 5.85. The number of carbonyl (C=O) groups is 2. The smallest absolute Gasteiger partial charge is 0.265 e. The average Bonchev–Trinajstić information content (AvgIpc) is 3.01. The largest absolute Gasteiger partial charge is 0.489 e. The number of hydroxylamine groups is 1. The Morgan fingerprint density at radius 2 is 2.00 bits per heavy atom. The second kappa shape index (κ2) is 8.02. The fourth-order valence-electron chi connectivity index (χ4n) is 3.63. The van der Waals surface area contributed by atoms with E-state index < -0.39 is 17.4 Å². The zero-order valence-corrected chi connectivity index (χ0v) is 16.4. The van der Waals surface area contributed by atoms with Gasteiger partial charge in [-0.15, -0.1) is 0 Å². The maximum absolute atomic E-state index is 13.0. The van der Waals surface area contributed by atoms with Crippen LogP contribution in [0.2, 0.25) is 0 Å². The van der Waals surface area contributed by atoms with E-state index in [1.54, 1.807) is 12.4 Å². The zero-order valence-electron chi connectivity index (χ0n) is 16.4. The summed E-state index contributed by atoms with van der Waals surface area (Å²) in [5, 5.41) is 8.83. The van der Waals surface area contributed by atoms with Gasteiger partial charge in [-0.1, -0.05) is 42.0 Å². The molecule has 2 amide bonds. The Morgan fingerprint density at radius 3 is 2.64 bits per heavy atom. The molecule has 0 saturated carbocycles. The van der Waals surface area contributed by atoms with Crippen molar-refractivity contribution in [1.29, 1.82) is 0 Å². The van der Waals surface area contributed by atoms with Crippen molar-refractivity contribution in [2.24, 2.45) is 0 Å². The molecule has 28 heavy (non-hydrogen) atoms. The molecule has 3 rings (SSSR count). The van der Waals surface area contributed by atoms with Crippen LogP contribution in [0, 0.1) is 6.92 Å². The fourth-order valence-corrected chi connectivity index (χ4v) is 3.63. The van der Waals surface area contributed by atoms with Gasteiger partial charge in [-0.3, -0.25) is 14.8 Å². The summed E-state index contributed by atoms with van der Waals surface area (Å²) in [4.78, 5) is 26.1. The first-order valence-electron chi connectivity index (χ1n) is 9.39. The highest BCUT2D eigenvalue weighted by atomic mass is 16.5. The maximum atomic E-state index is 13.0. The first kappa shape index (κ1) is 19.9. The van der Waals surface area contributed by atoms with Gasteiger partial charge in [-0.2, -0.15) is 0 Å². The quantitative estimate of drug-likeness (QED) is 0.595. The lowest BCUT2D eigenvalue weighted by molar-refractivity contribution is -0.143. The van der Waals surface area contributed by atoms with Crippen molar-refractivity contribution >= 4 is 11.8 Å². The lowest BCUT2D eigenvalue weighted by Crippen LogP contribution is -2.47. The molecular weight excluding hydrogens is 356 g/mol. The molecule has 1 heterocycles. The normalized spacial score (nSPS) is 20.1. The summed E-state index contributed by atoms with van der Waals surface area (Å²) >= 11 is 0. The molecule has 1 unspecified atom stereocenters. The Labute approximate surface area is 165 Å². The molecule has 0 bridgehead atoms. The number of likely N-dealkylation sites (tertiary alicyclic amines) is 1. The van der Waals surface area contributed by atoms with Crippen LogP contribution in [0.5, 0.6) is 5.75 Å². The van der Waals surface area contributed by atoms with Crippen LogP contribution in [0.15, 0.2) is 48.5 Å². The minimum absolute atomic E-state index is 0.114. The third-order valence-electron chi connectivity index (χ3n) is 5.52. The number of nitrogens with zero attached hydrogens (tertiary/aromatic N) is 1. The van der Waals surface area contributed by atoms with Gasteiger partial charge in [0.2, 0.25) is 5.91 Å². The molecular formula is C22H26N2O4. The summed E-state index contributed by atoms with van der Waals surface area (Å²) in [6.07, 6.45) is 0.610. The highest BCUT2D eigenvalue weighted by Crippen LogP contribution is 2.37. The van der Waals surface area contributed by atoms with E-state index in [9.17, 15) is 9.59 Å². The SMILES string of the molecule is Cc1cccc(COc2ccc(C3(C)CCN([C@H](C)C(=O)NO)C3=O)cc2)c1. The van der Waals surface area contributed by atoms with Crippen LogP contribution in [0.1, 0.15) is 37.0 Å². The van der Waals surface area contributed by atoms with Gasteiger partial charge in [0.1, 0.15) is 18.4 Å². The molecule has 6 heteroatoms. The molecule has 2 N–H and O–H groups in total. The van der Waals surface area contributed by atoms with Gasteiger partial charge in [0.05, 0.1) is 5.41 Å². The standard InChI is InChI=1S/C22H26N2O4/c1-15-5-4-6-17(13-15)14-28-19-9-7-18(8-10-19)22(3)11-12-24(21(22)26)16(2)20(25)23-27/h4-10,13,16,27H,11-12,14H2,1-3H3,(H,23,25)/t16-,22?/m1/s1. The molecule has 2 aromatic rings. The number of hydrogen-bond donors (Lipinski definition) is 2. The maximum Gasteiger partial charge on any atom is 0.265 e. The van der Waals surface area contributed by atoms with Crippen LogP contribution < -0.4 is 10.2 Å². The highest BCUT2D eigenvalue weighted by molar-refractivity contribution is 5.94. The van der Waals surface area contributed by atoms with Crippen LogP contribution in [-0.2, 0) is 21.6 Å². The molecule has 148 valence electrons. The molecule has 0 aliphatic carbocycles. The van der Waals surface area contributed by atoms with E-state index in [2.05, 4.69) is 6.07 Å². The summed E-state index contributed by atoms with van der Waals surface area (Å²) in [6, 6.07) is 15.0. The zero-order chi connectivity index (χ0) is 20.3. The van der Waals surface area contributed by atoms with Crippen molar-refractivity contribution < 1.29 is 19.5 Å². The van der Waals surface area contributed by atoms with E-state index in [0.717, 1.165) is 16.9 Å². The predicted molar refractivity (Wildman–Crippen MR) is 105 cm³/mol. The number of carbonyl (C=O) groups excluding carboxylic acids is 2. The molecule has 0 spiro atoms. The van der Waals surface area contributed by atoms with Crippen molar-refractivity contribution in [2.45, 2.75) is 45.3 Å². The molecule has 2 aromatic carbocycles. The molecule has 1 fully saturated rings. The minimum Gasteiger partial charge on any atom is -0.489 e. The van der Waals surface area contributed by atoms with Crippen molar-refractivity contribution in [3.63, 3.8) is 0 Å². The lowest BCUT2D eigenvalue weighted by atomic mass is 9.81. The predicted octanol–water partition coefficient (Wildman–Crippen LogP) is 2.96. The monoisotopic (exact) mass is 382 g/mol. The third kappa shape index (κ3) is 3.87. The van der Waals surface area contributed by atoms with Crippen LogP contribution in [0.25, 0.3) is 0 Å². The van der Waals surface area contributed by atoms with Gasteiger partial charge in [-0.05, 0) is 50.5 Å². The van der Waals surface area contributed by atoms with E-state index in [-0.39, 0.29) is 5.91 Å². The van der Waals surface area contributed by atoms with Crippen LogP contribution in [0.4, 0.5) is 0 Å². The minimum atomic E-state index is -0.712. The van der Waals surface area contributed by atoms with Gasteiger partial charge >= 0.3 is 0 Å². The number of ether oxygens (including phenoxy) is 1. The molecule has 2 atom stereocenters. The van der Waals surface area contributed by atoms with Gasteiger partial charge in [-0.25, -0.2) is 5.48 Å². The molecule has 0 radical (unpaired) electrons.